The topological polar surface area (TPSA) is 110 Å². The van der Waals surface area contributed by atoms with Crippen LogP contribution in [0.15, 0.2) is 11.6 Å². The number of methoxy groups -OCH3 is 1. The van der Waals surface area contributed by atoms with E-state index in [2.05, 4.69) is 0 Å². The number of aromatic nitrogens is 1. The number of carbonyl (C=O) groups is 2. The Balaban J connectivity index is 3.10. The molecule has 0 saturated heterocycles. The number of nitrogens with one attached hydrogen (secondary N) is 1. The maximum absolute atomic E-state index is 11.6. The van der Waals surface area contributed by atoms with Gasteiger partial charge in [0.15, 0.2) is 0 Å². The number of carbonyl (C=O) groups excluding carboxylic acids is 2. The predicted octanol–water partition coefficient (Wildman–Crippen LogP) is 0.853. The highest BCUT2D eigenvalue weighted by Gasteiger charge is 2.13. The van der Waals surface area contributed by atoms with E-state index in [9.17, 15) is 9.59 Å². The third-order valence-electron chi connectivity index (χ3n) is 3.03. The normalized spacial score (nSPS) is 11.0. The molecule has 0 bridgehead atoms. The minimum atomic E-state index is -0.994. The van der Waals surface area contributed by atoms with Crippen molar-refractivity contribution in [3.63, 3.8) is 0 Å². The van der Waals surface area contributed by atoms with Crippen LogP contribution in [0.1, 0.15) is 17.0 Å². The van der Waals surface area contributed by atoms with E-state index in [0.717, 1.165) is 17.0 Å². The SMILES string of the molecule is COCCn1c(C)cc(/C=C(/C#N)C(=O)NC(N)=O)c1C. The number of imide groups is 1. The summed E-state index contributed by atoms with van der Waals surface area (Å²) >= 11 is 0. The second-order valence-electron chi connectivity index (χ2n) is 4.46. The molecule has 0 aliphatic heterocycles. The largest absolute Gasteiger partial charge is 0.383 e. The minimum absolute atomic E-state index is 0.180. The van der Waals surface area contributed by atoms with Gasteiger partial charge in [-0.15, -0.1) is 0 Å². The van der Waals surface area contributed by atoms with E-state index in [1.807, 2.05) is 29.8 Å². The highest BCUT2D eigenvalue weighted by Crippen LogP contribution is 2.18. The molecule has 7 nitrogen and oxygen atoms in total. The average Bonchev–Trinajstić information content (AvgIpc) is 2.67. The molecule has 0 fully saturated rings. The molecule has 0 spiro atoms. The van der Waals surface area contributed by atoms with Crippen molar-refractivity contribution in [2.45, 2.75) is 20.4 Å². The van der Waals surface area contributed by atoms with E-state index in [4.69, 9.17) is 15.7 Å². The van der Waals surface area contributed by atoms with Crippen molar-refractivity contribution in [1.82, 2.24) is 9.88 Å². The van der Waals surface area contributed by atoms with Gasteiger partial charge in [-0.05, 0) is 31.6 Å². The van der Waals surface area contributed by atoms with Crippen molar-refractivity contribution < 1.29 is 14.3 Å². The number of aryl methyl sites for hydroxylation is 1. The molecule has 3 amide bonds. The van der Waals surface area contributed by atoms with Crippen molar-refractivity contribution in [3.05, 3.63) is 28.6 Å². The van der Waals surface area contributed by atoms with Gasteiger partial charge in [-0.2, -0.15) is 5.26 Å². The Bertz CT molecular complexity index is 623. The van der Waals surface area contributed by atoms with Crippen LogP contribution < -0.4 is 11.1 Å². The minimum Gasteiger partial charge on any atom is -0.383 e. The first-order valence-corrected chi connectivity index (χ1v) is 6.29. The number of nitrogens with two attached hydrogens (primary N) is 1. The zero-order valence-corrected chi connectivity index (χ0v) is 12.3. The third-order valence-corrected chi connectivity index (χ3v) is 3.03. The van der Waals surface area contributed by atoms with Crippen LogP contribution in [0, 0.1) is 25.2 Å². The summed E-state index contributed by atoms with van der Waals surface area (Å²) < 4.78 is 7.07. The van der Waals surface area contributed by atoms with Crippen LogP contribution in [0.3, 0.4) is 0 Å². The fraction of sp³-hybridized carbons (Fsp3) is 0.357. The number of rotatable bonds is 5. The van der Waals surface area contributed by atoms with E-state index in [-0.39, 0.29) is 5.57 Å². The van der Waals surface area contributed by atoms with Crippen molar-refractivity contribution in [2.75, 3.05) is 13.7 Å². The molecule has 0 saturated carbocycles. The lowest BCUT2D eigenvalue weighted by Crippen LogP contribution is -2.35. The second-order valence-corrected chi connectivity index (χ2v) is 4.46. The Morgan fingerprint density at radius 1 is 1.52 bits per heavy atom. The molecule has 0 atom stereocenters. The second kappa shape index (κ2) is 7.26. The van der Waals surface area contributed by atoms with Gasteiger partial charge in [0.05, 0.1) is 6.61 Å². The Morgan fingerprint density at radius 3 is 2.71 bits per heavy atom. The fourth-order valence-corrected chi connectivity index (χ4v) is 1.98. The monoisotopic (exact) mass is 290 g/mol. The quantitative estimate of drug-likeness (QED) is 0.618. The van der Waals surface area contributed by atoms with Gasteiger partial charge >= 0.3 is 6.03 Å². The van der Waals surface area contributed by atoms with Crippen molar-refractivity contribution in [3.8, 4) is 6.07 Å². The summed E-state index contributed by atoms with van der Waals surface area (Å²) in [4.78, 5) is 22.3. The first-order valence-electron chi connectivity index (χ1n) is 6.29. The first-order chi connectivity index (χ1) is 9.90. The molecule has 0 aliphatic carbocycles. The van der Waals surface area contributed by atoms with E-state index in [0.29, 0.717) is 13.2 Å². The summed E-state index contributed by atoms with van der Waals surface area (Å²) in [6, 6.07) is 2.63. The number of primary amides is 1. The van der Waals surface area contributed by atoms with Crippen LogP contribution in [0.5, 0.6) is 0 Å². The molecule has 3 N–H and O–H groups in total. The predicted molar refractivity (Wildman–Crippen MR) is 77.1 cm³/mol. The summed E-state index contributed by atoms with van der Waals surface area (Å²) in [5.41, 5.74) is 7.32. The highest BCUT2D eigenvalue weighted by atomic mass is 16.5. The van der Waals surface area contributed by atoms with E-state index in [1.54, 1.807) is 13.2 Å². The number of amides is 3. The Hall–Kier alpha value is -2.59. The molecule has 112 valence electrons. The Labute approximate surface area is 123 Å². The molecule has 1 heterocycles. The molecule has 1 rings (SSSR count). The van der Waals surface area contributed by atoms with Gasteiger partial charge < -0.3 is 15.0 Å². The molecular formula is C14H18N4O3. The molecule has 21 heavy (non-hydrogen) atoms. The Morgan fingerprint density at radius 2 is 2.19 bits per heavy atom. The van der Waals surface area contributed by atoms with Gasteiger partial charge in [-0.25, -0.2) is 4.79 Å². The lowest BCUT2D eigenvalue weighted by molar-refractivity contribution is -0.115. The van der Waals surface area contributed by atoms with Gasteiger partial charge in [-0.1, -0.05) is 0 Å². The number of urea groups is 1. The zero-order valence-electron chi connectivity index (χ0n) is 12.3. The summed E-state index contributed by atoms with van der Waals surface area (Å²) in [5, 5.41) is 10.9. The van der Waals surface area contributed by atoms with Crippen molar-refractivity contribution in [2.24, 2.45) is 5.73 Å². The van der Waals surface area contributed by atoms with Crippen LogP contribution in [-0.4, -0.2) is 30.2 Å². The third kappa shape index (κ3) is 4.19. The molecule has 1 aromatic heterocycles. The maximum Gasteiger partial charge on any atom is 0.319 e. The van der Waals surface area contributed by atoms with Crippen LogP contribution in [0.2, 0.25) is 0 Å². The lowest BCUT2D eigenvalue weighted by Gasteiger charge is -2.08. The molecule has 7 heteroatoms. The number of hydrogen-bond acceptors (Lipinski definition) is 4. The highest BCUT2D eigenvalue weighted by molar-refractivity contribution is 6.08. The van der Waals surface area contributed by atoms with Crippen LogP contribution in [0.25, 0.3) is 6.08 Å². The molecular weight excluding hydrogens is 272 g/mol. The zero-order chi connectivity index (χ0) is 16.0. The number of nitrogens with zero attached hydrogens (tertiary/aromatic N) is 2. The molecule has 0 aliphatic rings. The molecule has 0 aromatic carbocycles. The van der Waals surface area contributed by atoms with Crippen LogP contribution in [-0.2, 0) is 16.1 Å². The molecule has 0 radical (unpaired) electrons. The van der Waals surface area contributed by atoms with Gasteiger partial charge in [0.1, 0.15) is 11.6 Å². The van der Waals surface area contributed by atoms with E-state index < -0.39 is 11.9 Å². The fourth-order valence-electron chi connectivity index (χ4n) is 1.98. The number of ether oxygens (including phenoxy) is 1. The standard InChI is InChI=1S/C14H18N4O3/c1-9-6-11(10(2)18(9)4-5-21-3)7-12(8-15)13(19)17-14(16)20/h6-7H,4-5H2,1-3H3,(H3,16,17,19,20)/b12-7-. The Kier molecular flexibility index (Phi) is 5.69. The van der Waals surface area contributed by atoms with Crippen LogP contribution >= 0.6 is 0 Å². The molecule has 1 aromatic rings. The smallest absolute Gasteiger partial charge is 0.319 e. The van der Waals surface area contributed by atoms with Gasteiger partial charge in [0.2, 0.25) is 0 Å². The molecule has 0 unspecified atom stereocenters. The van der Waals surface area contributed by atoms with E-state index in [1.165, 1.54) is 6.08 Å². The van der Waals surface area contributed by atoms with Gasteiger partial charge in [0.25, 0.3) is 5.91 Å². The lowest BCUT2D eigenvalue weighted by atomic mass is 10.1. The number of hydrogen-bond donors (Lipinski definition) is 2. The summed E-state index contributed by atoms with van der Waals surface area (Å²) in [7, 11) is 1.62. The van der Waals surface area contributed by atoms with Crippen LogP contribution in [0.4, 0.5) is 4.79 Å². The summed E-state index contributed by atoms with van der Waals surface area (Å²) in [5.74, 6) is -0.813. The summed E-state index contributed by atoms with van der Waals surface area (Å²) in [6.45, 7) is 5.05. The van der Waals surface area contributed by atoms with Gasteiger partial charge in [-0.3, -0.25) is 10.1 Å². The van der Waals surface area contributed by atoms with Crippen molar-refractivity contribution >= 4 is 18.0 Å². The first kappa shape index (κ1) is 16.5. The van der Waals surface area contributed by atoms with E-state index >= 15 is 0 Å². The maximum atomic E-state index is 11.6. The summed E-state index contributed by atoms with van der Waals surface area (Å²) in [6.07, 6.45) is 1.43. The average molecular weight is 290 g/mol. The van der Waals surface area contributed by atoms with Gasteiger partial charge in [0, 0.05) is 25.0 Å². The van der Waals surface area contributed by atoms with Crippen molar-refractivity contribution in [1.29, 1.82) is 5.26 Å². The number of nitriles is 1.